The lowest BCUT2D eigenvalue weighted by atomic mass is 9.79. The van der Waals surface area contributed by atoms with Crippen LogP contribution in [0.5, 0.6) is 0 Å². The first kappa shape index (κ1) is 40.9. The Morgan fingerprint density at radius 2 is 0.662 bits per heavy atom. The van der Waals surface area contributed by atoms with Crippen LogP contribution in [-0.2, 0) is 5.41 Å². The topological polar surface area (TPSA) is 3.24 Å². The van der Waals surface area contributed by atoms with E-state index in [9.17, 15) is 0 Å². The number of anilines is 3. The minimum absolute atomic E-state index is 0.107. The molecule has 0 heterocycles. The van der Waals surface area contributed by atoms with Crippen LogP contribution >= 0.6 is 0 Å². The third kappa shape index (κ3) is 7.49. The second-order valence-electron chi connectivity index (χ2n) is 18.5. The Kier molecular flexibility index (Phi) is 10.3. The molecule has 11 aromatic carbocycles. The number of benzene rings is 11. The number of hydrogen-bond acceptors (Lipinski definition) is 1. The average Bonchev–Trinajstić information content (AvgIpc) is 3.65. The van der Waals surface area contributed by atoms with E-state index >= 15 is 0 Å². The van der Waals surface area contributed by atoms with E-state index in [1.54, 1.807) is 0 Å². The minimum atomic E-state index is -0.107. The highest BCUT2D eigenvalue weighted by Gasteiger charge is 2.37. The van der Waals surface area contributed by atoms with Gasteiger partial charge in [-0.25, -0.2) is 0 Å². The molecule has 0 amide bonds. The van der Waals surface area contributed by atoms with Gasteiger partial charge in [0.05, 0.1) is 0 Å². The molecule has 11 aromatic rings. The summed E-state index contributed by atoms with van der Waals surface area (Å²) in [5, 5.41) is 2.51. The van der Waals surface area contributed by atoms with Gasteiger partial charge in [-0.15, -0.1) is 0 Å². The maximum atomic E-state index is 2.41. The third-order valence-corrected chi connectivity index (χ3v) is 14.0. The van der Waals surface area contributed by atoms with Crippen LogP contribution in [0, 0.1) is 0 Å². The number of fused-ring (bicyclic) bond motifs is 4. The van der Waals surface area contributed by atoms with Crippen molar-refractivity contribution in [3.8, 4) is 77.9 Å². The highest BCUT2D eigenvalue weighted by molar-refractivity contribution is 5.91. The van der Waals surface area contributed by atoms with Gasteiger partial charge < -0.3 is 4.90 Å². The highest BCUT2D eigenvalue weighted by atomic mass is 15.1. The summed E-state index contributed by atoms with van der Waals surface area (Å²) in [4.78, 5) is 2.41. The smallest absolute Gasteiger partial charge is 0.0473 e. The third-order valence-electron chi connectivity index (χ3n) is 14.0. The van der Waals surface area contributed by atoms with Crippen LogP contribution in [0.3, 0.4) is 0 Å². The molecule has 0 bridgehead atoms. The van der Waals surface area contributed by atoms with Crippen molar-refractivity contribution in [3.05, 3.63) is 272 Å². The van der Waals surface area contributed by atoms with Gasteiger partial charge in [0.1, 0.15) is 0 Å². The largest absolute Gasteiger partial charge is 0.310 e. The maximum Gasteiger partial charge on any atom is 0.0473 e. The van der Waals surface area contributed by atoms with Gasteiger partial charge in [0, 0.05) is 22.5 Å². The van der Waals surface area contributed by atoms with Crippen molar-refractivity contribution in [3.63, 3.8) is 0 Å². The Morgan fingerprint density at radius 1 is 0.250 bits per heavy atom. The van der Waals surface area contributed by atoms with Crippen LogP contribution in [0.15, 0.2) is 261 Å². The molecule has 0 spiro atoms. The van der Waals surface area contributed by atoms with Crippen LogP contribution in [-0.4, -0.2) is 0 Å². The first-order valence-corrected chi connectivity index (χ1v) is 23.6. The monoisotopic (exact) mass is 867 g/mol. The van der Waals surface area contributed by atoms with Crippen LogP contribution in [0.2, 0.25) is 0 Å². The van der Waals surface area contributed by atoms with E-state index in [2.05, 4.69) is 280 Å². The van der Waals surface area contributed by atoms with Crippen molar-refractivity contribution in [2.45, 2.75) is 19.3 Å². The van der Waals surface area contributed by atoms with Crippen molar-refractivity contribution >= 4 is 27.8 Å². The summed E-state index contributed by atoms with van der Waals surface area (Å²) in [6.45, 7) is 4.73. The number of rotatable bonds is 9. The summed E-state index contributed by atoms with van der Waals surface area (Å²) < 4.78 is 0. The first-order chi connectivity index (χ1) is 33.4. The Hall–Kier alpha value is -8.52. The standard InChI is InChI=1S/C67H49N/c1-67(2)65-26-12-11-23-63(65)64-25-14-24-62(66(64)67)52-35-39-60(40-36-52)68(61-44-57(46-15-5-3-6-16-46)43-58(45-61)47-17-7-4-8-18-47)59-37-33-50(34-38-59)49-27-29-51(30-28-49)54-21-13-22-55(41-54)56-32-31-48-19-9-10-20-53(48)42-56/h3-45H,1-2H3. The van der Waals surface area contributed by atoms with E-state index in [0.29, 0.717) is 0 Å². The first-order valence-electron chi connectivity index (χ1n) is 23.6. The minimum Gasteiger partial charge on any atom is -0.310 e. The molecule has 322 valence electrons. The average molecular weight is 868 g/mol. The van der Waals surface area contributed by atoms with Crippen LogP contribution in [0.4, 0.5) is 17.1 Å². The van der Waals surface area contributed by atoms with E-state index in [1.165, 1.54) is 99.8 Å². The van der Waals surface area contributed by atoms with Gasteiger partial charge in [0.15, 0.2) is 0 Å². The van der Waals surface area contributed by atoms with E-state index in [0.717, 1.165) is 17.1 Å². The van der Waals surface area contributed by atoms with E-state index in [1.807, 2.05) is 0 Å². The van der Waals surface area contributed by atoms with Crippen LogP contribution in [0.1, 0.15) is 25.0 Å². The number of hydrogen-bond donors (Lipinski definition) is 0. The molecule has 0 aliphatic heterocycles. The predicted molar refractivity (Wildman–Crippen MR) is 289 cm³/mol. The van der Waals surface area contributed by atoms with E-state index in [4.69, 9.17) is 0 Å². The molecule has 1 aliphatic carbocycles. The lowest BCUT2D eigenvalue weighted by Gasteiger charge is -2.28. The summed E-state index contributed by atoms with van der Waals surface area (Å²) in [7, 11) is 0. The van der Waals surface area contributed by atoms with Crippen LogP contribution < -0.4 is 4.90 Å². The maximum absolute atomic E-state index is 2.41. The molecule has 0 atom stereocenters. The molecule has 0 aromatic heterocycles. The molecule has 68 heavy (non-hydrogen) atoms. The van der Waals surface area contributed by atoms with Crippen molar-refractivity contribution in [2.24, 2.45) is 0 Å². The highest BCUT2D eigenvalue weighted by Crippen LogP contribution is 2.52. The lowest BCUT2D eigenvalue weighted by molar-refractivity contribution is 0.662. The van der Waals surface area contributed by atoms with E-state index < -0.39 is 0 Å². The zero-order valence-electron chi connectivity index (χ0n) is 38.3. The van der Waals surface area contributed by atoms with Gasteiger partial charge in [-0.05, 0) is 154 Å². The Morgan fingerprint density at radius 3 is 1.31 bits per heavy atom. The lowest BCUT2D eigenvalue weighted by Crippen LogP contribution is -2.16. The molecule has 1 aliphatic rings. The second-order valence-corrected chi connectivity index (χ2v) is 18.5. The molecule has 1 heteroatoms. The van der Waals surface area contributed by atoms with Gasteiger partial charge in [-0.3, -0.25) is 0 Å². The predicted octanol–water partition coefficient (Wildman–Crippen LogP) is 18.6. The summed E-state index contributed by atoms with van der Waals surface area (Å²) in [6, 6.07) is 95.6. The van der Waals surface area contributed by atoms with E-state index in [-0.39, 0.29) is 5.41 Å². The zero-order valence-corrected chi connectivity index (χ0v) is 38.3. The fraction of sp³-hybridized carbons (Fsp3) is 0.0448. The van der Waals surface area contributed by atoms with Crippen molar-refractivity contribution in [1.29, 1.82) is 0 Å². The normalized spacial score (nSPS) is 12.4. The van der Waals surface area contributed by atoms with Crippen molar-refractivity contribution in [2.75, 3.05) is 4.90 Å². The summed E-state index contributed by atoms with van der Waals surface area (Å²) in [6.07, 6.45) is 0. The molecule has 12 rings (SSSR count). The quantitative estimate of drug-likeness (QED) is 0.140. The molecule has 0 radical (unpaired) electrons. The Bertz CT molecular complexity index is 3550. The zero-order chi connectivity index (χ0) is 45.6. The molecule has 1 nitrogen and oxygen atoms in total. The molecule has 0 N–H and O–H groups in total. The summed E-state index contributed by atoms with van der Waals surface area (Å²) in [5.41, 5.74) is 23.0. The van der Waals surface area contributed by atoms with Crippen molar-refractivity contribution in [1.82, 2.24) is 0 Å². The van der Waals surface area contributed by atoms with Gasteiger partial charge in [-0.1, -0.05) is 220 Å². The molecule has 0 unspecified atom stereocenters. The SMILES string of the molecule is CC1(C)c2ccccc2-c2cccc(-c3ccc(N(c4ccc(-c5ccc(-c6cccc(-c7ccc8ccccc8c7)c6)cc5)cc4)c4cc(-c5ccccc5)cc(-c5ccccc5)c4)cc3)c21. The Labute approximate surface area is 399 Å². The fourth-order valence-corrected chi connectivity index (χ4v) is 10.6. The van der Waals surface area contributed by atoms with Crippen LogP contribution in [0.25, 0.3) is 88.7 Å². The molecule has 0 saturated carbocycles. The van der Waals surface area contributed by atoms with Gasteiger partial charge in [0.2, 0.25) is 0 Å². The molecular formula is C67H49N. The summed E-state index contributed by atoms with van der Waals surface area (Å²) in [5.74, 6) is 0. The fourth-order valence-electron chi connectivity index (χ4n) is 10.6. The van der Waals surface area contributed by atoms with Crippen molar-refractivity contribution < 1.29 is 0 Å². The summed E-state index contributed by atoms with van der Waals surface area (Å²) >= 11 is 0. The molecular weight excluding hydrogens is 819 g/mol. The van der Waals surface area contributed by atoms with Gasteiger partial charge in [0.25, 0.3) is 0 Å². The molecule has 0 fully saturated rings. The Balaban J connectivity index is 0.913. The second kappa shape index (κ2) is 17.0. The van der Waals surface area contributed by atoms with Gasteiger partial charge >= 0.3 is 0 Å². The molecule has 0 saturated heterocycles. The number of nitrogens with zero attached hydrogens (tertiary/aromatic N) is 1. The van der Waals surface area contributed by atoms with Gasteiger partial charge in [-0.2, -0.15) is 0 Å².